The lowest BCUT2D eigenvalue weighted by molar-refractivity contribution is 0.110. The number of pyridine rings is 1. The van der Waals surface area contributed by atoms with Crippen molar-refractivity contribution in [2.75, 3.05) is 31.2 Å². The number of sulfonamides is 1. The highest BCUT2D eigenvalue weighted by Crippen LogP contribution is 2.22. The Bertz CT molecular complexity index is 703. The predicted molar refractivity (Wildman–Crippen MR) is 88.3 cm³/mol. The van der Waals surface area contributed by atoms with Gasteiger partial charge in [0.05, 0.1) is 11.5 Å². The molecule has 0 saturated heterocycles. The van der Waals surface area contributed by atoms with Crippen molar-refractivity contribution in [1.82, 2.24) is 4.98 Å². The monoisotopic (exact) mass is 336 g/mol. The van der Waals surface area contributed by atoms with Crippen molar-refractivity contribution in [1.29, 1.82) is 0 Å². The van der Waals surface area contributed by atoms with E-state index >= 15 is 0 Å². The van der Waals surface area contributed by atoms with Crippen LogP contribution in [-0.2, 0) is 14.8 Å². The molecule has 0 saturated carbocycles. The molecule has 0 fully saturated rings. The van der Waals surface area contributed by atoms with Crippen molar-refractivity contribution < 1.29 is 17.9 Å². The molecule has 7 heteroatoms. The van der Waals surface area contributed by atoms with E-state index in [1.807, 2.05) is 6.92 Å². The van der Waals surface area contributed by atoms with Gasteiger partial charge in [0.2, 0.25) is 0 Å². The van der Waals surface area contributed by atoms with Crippen LogP contribution in [0.1, 0.15) is 6.92 Å². The number of ether oxygens (including phenoxy) is 2. The van der Waals surface area contributed by atoms with Gasteiger partial charge in [0.15, 0.2) is 0 Å². The van der Waals surface area contributed by atoms with Crippen molar-refractivity contribution in [3.05, 3.63) is 48.7 Å². The number of benzene rings is 1. The molecule has 0 amide bonds. The van der Waals surface area contributed by atoms with Gasteiger partial charge in [-0.15, -0.1) is 0 Å². The maximum Gasteiger partial charge on any atom is 0.265 e. The summed E-state index contributed by atoms with van der Waals surface area (Å²) in [5.74, 6) is 0.966. The summed E-state index contributed by atoms with van der Waals surface area (Å²) >= 11 is 0. The molecule has 0 aliphatic carbocycles. The molecule has 0 unspecified atom stereocenters. The van der Waals surface area contributed by atoms with Crippen LogP contribution in [0.15, 0.2) is 53.6 Å². The van der Waals surface area contributed by atoms with Gasteiger partial charge < -0.3 is 9.47 Å². The van der Waals surface area contributed by atoms with Crippen LogP contribution in [0, 0.1) is 0 Å². The standard InChI is InChI=1S/C16H20N2O4S/c1-3-21-12-13-22-14-7-9-15(10-8-14)23(19,20)18(2)16-6-4-5-11-17-16/h4-11H,3,12-13H2,1-2H3. The molecule has 2 rings (SSSR count). The Balaban J connectivity index is 2.08. The van der Waals surface area contributed by atoms with Gasteiger partial charge >= 0.3 is 0 Å². The number of nitrogens with zero attached hydrogens (tertiary/aromatic N) is 2. The molecule has 23 heavy (non-hydrogen) atoms. The minimum absolute atomic E-state index is 0.183. The van der Waals surface area contributed by atoms with Gasteiger partial charge in [-0.1, -0.05) is 6.07 Å². The fourth-order valence-electron chi connectivity index (χ4n) is 1.89. The zero-order valence-electron chi connectivity index (χ0n) is 13.2. The summed E-state index contributed by atoms with van der Waals surface area (Å²) in [6.07, 6.45) is 1.55. The van der Waals surface area contributed by atoms with Crippen molar-refractivity contribution in [2.45, 2.75) is 11.8 Å². The SMILES string of the molecule is CCOCCOc1ccc(S(=O)(=O)N(C)c2ccccn2)cc1. The third kappa shape index (κ3) is 4.43. The van der Waals surface area contributed by atoms with E-state index in [0.29, 0.717) is 31.4 Å². The molecule has 1 heterocycles. The number of hydrogen-bond donors (Lipinski definition) is 0. The topological polar surface area (TPSA) is 68.7 Å². The summed E-state index contributed by atoms with van der Waals surface area (Å²) in [5, 5.41) is 0. The zero-order chi connectivity index (χ0) is 16.7. The van der Waals surface area contributed by atoms with Gasteiger partial charge in [-0.05, 0) is 43.3 Å². The minimum Gasteiger partial charge on any atom is -0.491 e. The van der Waals surface area contributed by atoms with Crippen LogP contribution in [0.3, 0.4) is 0 Å². The van der Waals surface area contributed by atoms with Crippen LogP contribution in [0.25, 0.3) is 0 Å². The van der Waals surface area contributed by atoms with Gasteiger partial charge in [-0.3, -0.25) is 4.31 Å². The normalized spacial score (nSPS) is 11.2. The fourth-order valence-corrected chi connectivity index (χ4v) is 3.04. The minimum atomic E-state index is -3.65. The van der Waals surface area contributed by atoms with Crippen LogP contribution in [-0.4, -0.2) is 40.3 Å². The molecule has 0 atom stereocenters. The molecule has 1 aromatic heterocycles. The second-order valence-electron chi connectivity index (χ2n) is 4.68. The van der Waals surface area contributed by atoms with Crippen molar-refractivity contribution >= 4 is 15.8 Å². The average molecular weight is 336 g/mol. The molecule has 1 aromatic carbocycles. The van der Waals surface area contributed by atoms with E-state index in [-0.39, 0.29) is 4.90 Å². The summed E-state index contributed by atoms with van der Waals surface area (Å²) in [6, 6.07) is 11.4. The third-order valence-electron chi connectivity index (χ3n) is 3.15. The average Bonchev–Trinajstić information content (AvgIpc) is 2.59. The van der Waals surface area contributed by atoms with Crippen LogP contribution < -0.4 is 9.04 Å². The highest BCUT2D eigenvalue weighted by Gasteiger charge is 2.21. The van der Waals surface area contributed by atoms with E-state index in [0.717, 1.165) is 4.31 Å². The van der Waals surface area contributed by atoms with Gasteiger partial charge in [-0.2, -0.15) is 0 Å². The van der Waals surface area contributed by atoms with E-state index in [1.54, 1.807) is 36.5 Å². The van der Waals surface area contributed by atoms with E-state index < -0.39 is 10.0 Å². The van der Waals surface area contributed by atoms with Crippen molar-refractivity contribution in [2.24, 2.45) is 0 Å². The number of hydrogen-bond acceptors (Lipinski definition) is 5. The molecule has 6 nitrogen and oxygen atoms in total. The van der Waals surface area contributed by atoms with E-state index in [1.165, 1.54) is 19.2 Å². The summed E-state index contributed by atoms with van der Waals surface area (Å²) in [7, 11) is -2.17. The smallest absolute Gasteiger partial charge is 0.265 e. The maximum absolute atomic E-state index is 12.6. The molecular weight excluding hydrogens is 316 g/mol. The Hall–Kier alpha value is -2.12. The molecule has 0 bridgehead atoms. The fraction of sp³-hybridized carbons (Fsp3) is 0.312. The summed E-state index contributed by atoms with van der Waals surface area (Å²) < 4.78 is 36.9. The van der Waals surface area contributed by atoms with Crippen LogP contribution in [0.4, 0.5) is 5.82 Å². The summed E-state index contributed by atoms with van der Waals surface area (Å²) in [6.45, 7) is 3.48. The molecule has 0 aliphatic heterocycles. The van der Waals surface area contributed by atoms with E-state index in [9.17, 15) is 8.42 Å². The maximum atomic E-state index is 12.6. The van der Waals surface area contributed by atoms with Crippen LogP contribution in [0.2, 0.25) is 0 Å². The van der Waals surface area contributed by atoms with E-state index in [4.69, 9.17) is 9.47 Å². The lowest BCUT2D eigenvalue weighted by Gasteiger charge is -2.18. The van der Waals surface area contributed by atoms with Gasteiger partial charge in [0.25, 0.3) is 10.0 Å². The Morgan fingerprint density at radius 1 is 1.09 bits per heavy atom. The number of aromatic nitrogens is 1. The van der Waals surface area contributed by atoms with Crippen molar-refractivity contribution in [3.8, 4) is 5.75 Å². The molecule has 2 aromatic rings. The molecule has 124 valence electrons. The molecule has 0 aliphatic rings. The van der Waals surface area contributed by atoms with Crippen molar-refractivity contribution in [3.63, 3.8) is 0 Å². The van der Waals surface area contributed by atoms with Gasteiger partial charge in [-0.25, -0.2) is 13.4 Å². The first-order valence-corrected chi connectivity index (χ1v) is 8.70. The predicted octanol–water partition coefficient (Wildman–Crippen LogP) is 2.32. The Morgan fingerprint density at radius 2 is 1.83 bits per heavy atom. The number of rotatable bonds is 8. The van der Waals surface area contributed by atoms with Crippen LogP contribution >= 0.6 is 0 Å². The third-order valence-corrected chi connectivity index (χ3v) is 4.93. The zero-order valence-corrected chi connectivity index (χ0v) is 14.0. The Kier molecular flexibility index (Phi) is 5.95. The van der Waals surface area contributed by atoms with E-state index in [2.05, 4.69) is 4.98 Å². The first-order valence-electron chi connectivity index (χ1n) is 7.26. The summed E-state index contributed by atoms with van der Waals surface area (Å²) in [4.78, 5) is 4.24. The molecule has 0 spiro atoms. The quantitative estimate of drug-likeness (QED) is 0.692. The number of anilines is 1. The first-order chi connectivity index (χ1) is 11.1. The summed E-state index contributed by atoms with van der Waals surface area (Å²) in [5.41, 5.74) is 0. The van der Waals surface area contributed by atoms with Crippen LogP contribution in [0.5, 0.6) is 5.75 Å². The molecule has 0 N–H and O–H groups in total. The lowest BCUT2D eigenvalue weighted by atomic mass is 10.3. The van der Waals surface area contributed by atoms with Gasteiger partial charge in [0.1, 0.15) is 18.2 Å². The highest BCUT2D eigenvalue weighted by molar-refractivity contribution is 7.92. The lowest BCUT2D eigenvalue weighted by Crippen LogP contribution is -2.27. The largest absolute Gasteiger partial charge is 0.491 e. The molecule has 0 radical (unpaired) electrons. The second kappa shape index (κ2) is 7.94. The van der Waals surface area contributed by atoms with Gasteiger partial charge in [0, 0.05) is 19.9 Å². The second-order valence-corrected chi connectivity index (χ2v) is 6.65. The molecular formula is C16H20N2O4S. The first kappa shape index (κ1) is 17.2. The Morgan fingerprint density at radius 3 is 2.43 bits per heavy atom. The highest BCUT2D eigenvalue weighted by atomic mass is 32.2. The Labute approximate surface area is 136 Å².